The minimum atomic E-state index is -0.361. The molecular formula is C16H17Cl2N3O. The Labute approximate surface area is 140 Å². The van der Waals surface area contributed by atoms with Crippen LogP contribution in [0, 0.1) is 11.3 Å². The summed E-state index contributed by atoms with van der Waals surface area (Å²) in [5.41, 5.74) is 0.564. The van der Waals surface area contributed by atoms with Crippen LogP contribution in [0.25, 0.3) is 0 Å². The van der Waals surface area contributed by atoms with Crippen LogP contribution >= 0.6 is 23.2 Å². The number of nitrogens with one attached hydrogen (secondary N) is 2. The molecule has 1 fully saturated rings. The summed E-state index contributed by atoms with van der Waals surface area (Å²) in [6, 6.07) is 7.01. The number of hydrogen-bond donors (Lipinski definition) is 2. The molecule has 1 aliphatic rings. The molecule has 1 aromatic carbocycles. The van der Waals surface area contributed by atoms with Crippen molar-refractivity contribution in [3.05, 3.63) is 40.0 Å². The SMILES string of the molecule is N#C/C(=C/Nc1cc(Cl)ccc1Cl)C(=O)NC1CCCCC1. The predicted octanol–water partition coefficient (Wildman–Crippen LogP) is 4.26. The van der Waals surface area contributed by atoms with Gasteiger partial charge in [-0.1, -0.05) is 42.5 Å². The number of hydrogen-bond acceptors (Lipinski definition) is 3. The number of nitriles is 1. The van der Waals surface area contributed by atoms with Crippen molar-refractivity contribution in [2.45, 2.75) is 38.1 Å². The third-order valence-electron chi connectivity index (χ3n) is 3.61. The minimum absolute atomic E-state index is 0.0154. The van der Waals surface area contributed by atoms with Crippen LogP contribution in [-0.4, -0.2) is 11.9 Å². The highest BCUT2D eigenvalue weighted by Gasteiger charge is 2.18. The van der Waals surface area contributed by atoms with Gasteiger partial charge in [0.2, 0.25) is 0 Å². The lowest BCUT2D eigenvalue weighted by Gasteiger charge is -2.22. The summed E-state index contributed by atoms with van der Waals surface area (Å²) in [4.78, 5) is 12.1. The lowest BCUT2D eigenvalue weighted by molar-refractivity contribution is -0.118. The average molecular weight is 338 g/mol. The van der Waals surface area contributed by atoms with E-state index in [1.807, 2.05) is 6.07 Å². The maximum absolute atomic E-state index is 12.1. The molecule has 0 spiro atoms. The van der Waals surface area contributed by atoms with Crippen LogP contribution < -0.4 is 10.6 Å². The summed E-state index contributed by atoms with van der Waals surface area (Å²) in [5.74, 6) is -0.361. The number of carbonyl (C=O) groups excluding carboxylic acids is 1. The first kappa shape index (κ1) is 16.7. The van der Waals surface area contributed by atoms with Gasteiger partial charge in [0.1, 0.15) is 11.6 Å². The molecule has 2 rings (SSSR count). The van der Waals surface area contributed by atoms with Crippen LogP contribution in [0.1, 0.15) is 32.1 Å². The van der Waals surface area contributed by atoms with Gasteiger partial charge < -0.3 is 10.6 Å². The molecule has 116 valence electrons. The largest absolute Gasteiger partial charge is 0.359 e. The van der Waals surface area contributed by atoms with Crippen LogP contribution in [0.3, 0.4) is 0 Å². The highest BCUT2D eigenvalue weighted by molar-refractivity contribution is 6.35. The number of carbonyl (C=O) groups is 1. The minimum Gasteiger partial charge on any atom is -0.359 e. The standard InChI is InChI=1S/C16H17Cl2N3O/c17-12-6-7-14(18)15(8-12)20-10-11(9-19)16(22)21-13-4-2-1-3-5-13/h6-8,10,13,20H,1-5H2,(H,21,22)/b11-10-. The first-order chi connectivity index (χ1) is 10.6. The summed E-state index contributed by atoms with van der Waals surface area (Å²) in [6.45, 7) is 0. The van der Waals surface area contributed by atoms with E-state index >= 15 is 0 Å². The van der Waals surface area contributed by atoms with Crippen LogP contribution in [0.15, 0.2) is 30.0 Å². The van der Waals surface area contributed by atoms with E-state index in [0.717, 1.165) is 25.7 Å². The molecule has 6 heteroatoms. The van der Waals surface area contributed by atoms with Gasteiger partial charge in [-0.2, -0.15) is 5.26 Å². The number of halogens is 2. The van der Waals surface area contributed by atoms with E-state index in [1.54, 1.807) is 18.2 Å². The molecule has 0 bridgehead atoms. The Kier molecular flexibility index (Phi) is 6.11. The van der Waals surface area contributed by atoms with Crippen molar-refractivity contribution in [2.24, 2.45) is 0 Å². The van der Waals surface area contributed by atoms with Crippen molar-refractivity contribution in [2.75, 3.05) is 5.32 Å². The normalized spacial score (nSPS) is 16.0. The Morgan fingerprint density at radius 3 is 2.68 bits per heavy atom. The molecule has 1 aromatic rings. The van der Waals surface area contributed by atoms with Gasteiger partial charge in [-0.25, -0.2) is 0 Å². The lowest BCUT2D eigenvalue weighted by atomic mass is 9.95. The maximum atomic E-state index is 12.1. The van der Waals surface area contributed by atoms with Crippen molar-refractivity contribution in [1.82, 2.24) is 5.32 Å². The summed E-state index contributed by atoms with van der Waals surface area (Å²) in [6.07, 6.45) is 6.74. The van der Waals surface area contributed by atoms with Gasteiger partial charge in [0.05, 0.1) is 10.7 Å². The molecular weight excluding hydrogens is 321 g/mol. The molecule has 0 aliphatic heterocycles. The van der Waals surface area contributed by atoms with Crippen LogP contribution in [-0.2, 0) is 4.79 Å². The molecule has 0 aromatic heterocycles. The quantitative estimate of drug-likeness (QED) is 0.637. The highest BCUT2D eigenvalue weighted by atomic mass is 35.5. The van der Waals surface area contributed by atoms with E-state index in [0.29, 0.717) is 15.7 Å². The number of nitrogens with zero attached hydrogens (tertiary/aromatic N) is 1. The molecule has 4 nitrogen and oxygen atoms in total. The monoisotopic (exact) mass is 337 g/mol. The van der Waals surface area contributed by atoms with E-state index < -0.39 is 0 Å². The second-order valence-corrected chi connectivity index (χ2v) is 6.09. The van der Waals surface area contributed by atoms with Crippen molar-refractivity contribution in [3.63, 3.8) is 0 Å². The molecule has 1 amide bonds. The van der Waals surface area contributed by atoms with Crippen molar-refractivity contribution < 1.29 is 4.79 Å². The van der Waals surface area contributed by atoms with Gasteiger partial charge >= 0.3 is 0 Å². The molecule has 0 unspecified atom stereocenters. The Bertz CT molecular complexity index is 616. The van der Waals surface area contributed by atoms with E-state index in [9.17, 15) is 4.79 Å². The first-order valence-corrected chi connectivity index (χ1v) is 7.98. The second-order valence-electron chi connectivity index (χ2n) is 5.25. The predicted molar refractivity (Wildman–Crippen MR) is 88.8 cm³/mol. The van der Waals surface area contributed by atoms with Crippen molar-refractivity contribution in [1.29, 1.82) is 5.26 Å². The van der Waals surface area contributed by atoms with E-state index in [1.165, 1.54) is 12.6 Å². The van der Waals surface area contributed by atoms with Crippen LogP contribution in [0.2, 0.25) is 10.0 Å². The van der Waals surface area contributed by atoms with Crippen LogP contribution in [0.4, 0.5) is 5.69 Å². The zero-order valence-electron chi connectivity index (χ0n) is 12.0. The van der Waals surface area contributed by atoms with Crippen molar-refractivity contribution in [3.8, 4) is 6.07 Å². The molecule has 22 heavy (non-hydrogen) atoms. The molecule has 1 aliphatic carbocycles. The smallest absolute Gasteiger partial charge is 0.263 e. The van der Waals surface area contributed by atoms with E-state index in [4.69, 9.17) is 28.5 Å². The molecule has 0 radical (unpaired) electrons. The van der Waals surface area contributed by atoms with Gasteiger partial charge in [-0.3, -0.25) is 4.79 Å². The van der Waals surface area contributed by atoms with Gasteiger partial charge in [-0.05, 0) is 31.0 Å². The fourth-order valence-corrected chi connectivity index (χ4v) is 2.76. The Morgan fingerprint density at radius 1 is 1.27 bits per heavy atom. The van der Waals surface area contributed by atoms with Crippen molar-refractivity contribution >= 4 is 34.8 Å². The number of anilines is 1. The zero-order chi connectivity index (χ0) is 15.9. The summed E-state index contributed by atoms with van der Waals surface area (Å²) >= 11 is 11.9. The molecule has 0 atom stereocenters. The van der Waals surface area contributed by atoms with E-state index in [2.05, 4.69) is 10.6 Å². The molecule has 0 saturated heterocycles. The maximum Gasteiger partial charge on any atom is 0.263 e. The number of rotatable bonds is 4. The summed E-state index contributed by atoms with van der Waals surface area (Å²) in [7, 11) is 0. The highest BCUT2D eigenvalue weighted by Crippen LogP contribution is 2.25. The van der Waals surface area contributed by atoms with Crippen LogP contribution in [0.5, 0.6) is 0 Å². The molecule has 2 N–H and O–H groups in total. The Balaban J connectivity index is 2.02. The first-order valence-electron chi connectivity index (χ1n) is 7.23. The Hall–Kier alpha value is -1.70. The zero-order valence-corrected chi connectivity index (χ0v) is 13.5. The van der Waals surface area contributed by atoms with Gasteiger partial charge in [-0.15, -0.1) is 0 Å². The van der Waals surface area contributed by atoms with E-state index in [-0.39, 0.29) is 17.5 Å². The fourth-order valence-electron chi connectivity index (χ4n) is 2.42. The van der Waals surface area contributed by atoms with Gasteiger partial charge in [0, 0.05) is 17.3 Å². The van der Waals surface area contributed by atoms with Gasteiger partial charge in [0.15, 0.2) is 0 Å². The Morgan fingerprint density at radius 2 is 2.00 bits per heavy atom. The third kappa shape index (κ3) is 4.66. The topological polar surface area (TPSA) is 64.9 Å². The fraction of sp³-hybridized carbons (Fsp3) is 0.375. The third-order valence-corrected chi connectivity index (χ3v) is 4.17. The average Bonchev–Trinajstić information content (AvgIpc) is 2.52. The number of amides is 1. The lowest BCUT2D eigenvalue weighted by Crippen LogP contribution is -2.37. The summed E-state index contributed by atoms with van der Waals surface area (Å²) < 4.78 is 0. The molecule has 0 heterocycles. The number of benzene rings is 1. The summed E-state index contributed by atoms with van der Waals surface area (Å²) in [5, 5.41) is 15.9. The second kappa shape index (κ2) is 8.07. The van der Waals surface area contributed by atoms with Gasteiger partial charge in [0.25, 0.3) is 5.91 Å². The molecule has 1 saturated carbocycles.